The molecule has 0 aromatic heterocycles. The third-order valence-electron chi connectivity index (χ3n) is 4.75. The van der Waals surface area contributed by atoms with E-state index in [9.17, 15) is 4.79 Å². The Kier molecular flexibility index (Phi) is 5.64. The normalized spacial score (nSPS) is 27.3. The van der Waals surface area contributed by atoms with Gasteiger partial charge in [0.1, 0.15) is 0 Å². The number of carbonyl (C=O) groups is 1. The average molecular weight is 268 g/mol. The first kappa shape index (κ1) is 14.8. The van der Waals surface area contributed by atoms with Crippen molar-refractivity contribution in [3.8, 4) is 0 Å². The molecule has 0 spiro atoms. The minimum atomic E-state index is 0.242. The van der Waals surface area contributed by atoms with Gasteiger partial charge in [0.15, 0.2) is 0 Å². The summed E-state index contributed by atoms with van der Waals surface area (Å²) in [7, 11) is 1.75. The summed E-state index contributed by atoms with van der Waals surface area (Å²) < 4.78 is 5.39. The average Bonchev–Trinajstić information content (AvgIpc) is 2.48. The van der Waals surface area contributed by atoms with Gasteiger partial charge in [-0.05, 0) is 50.6 Å². The number of rotatable bonds is 4. The Morgan fingerprint density at radius 2 is 2.11 bits per heavy atom. The molecule has 0 aliphatic carbocycles. The molecule has 2 aliphatic heterocycles. The van der Waals surface area contributed by atoms with Crippen molar-refractivity contribution >= 4 is 5.91 Å². The number of likely N-dealkylation sites (tertiary alicyclic amines) is 1. The van der Waals surface area contributed by atoms with Gasteiger partial charge in [-0.15, -0.1) is 0 Å². The van der Waals surface area contributed by atoms with Crippen LogP contribution >= 0.6 is 0 Å². The number of nitrogens with one attached hydrogen (secondary N) is 1. The summed E-state index contributed by atoms with van der Waals surface area (Å²) in [5, 5.41) is 3.39. The Bertz CT molecular complexity index is 290. The summed E-state index contributed by atoms with van der Waals surface area (Å²) in [6.07, 6.45) is 5.55. The lowest BCUT2D eigenvalue weighted by atomic mass is 9.84. The minimum Gasteiger partial charge on any atom is -0.380 e. The van der Waals surface area contributed by atoms with Crippen LogP contribution in [0.5, 0.6) is 0 Å². The van der Waals surface area contributed by atoms with Crippen molar-refractivity contribution in [1.29, 1.82) is 0 Å². The van der Waals surface area contributed by atoms with Crippen LogP contribution in [0.1, 0.15) is 39.0 Å². The van der Waals surface area contributed by atoms with Crippen molar-refractivity contribution in [3.63, 3.8) is 0 Å². The van der Waals surface area contributed by atoms with Crippen LogP contribution in [-0.4, -0.2) is 50.2 Å². The third kappa shape index (κ3) is 4.18. The Labute approximate surface area is 116 Å². The van der Waals surface area contributed by atoms with Gasteiger partial charge < -0.3 is 15.0 Å². The molecule has 4 heteroatoms. The Hall–Kier alpha value is -0.610. The molecule has 2 fully saturated rings. The van der Waals surface area contributed by atoms with Gasteiger partial charge in [-0.3, -0.25) is 4.79 Å². The molecule has 2 aliphatic rings. The standard InChI is InChI=1S/C15H28N2O2/c1-12(13-5-7-16-8-6-13)10-15(18)17-9-3-4-14(11-17)19-2/h12-14,16H,3-11H2,1-2H3. The molecule has 110 valence electrons. The molecular formula is C15H28N2O2. The molecule has 2 saturated heterocycles. The zero-order valence-corrected chi connectivity index (χ0v) is 12.4. The molecule has 0 aromatic carbocycles. The van der Waals surface area contributed by atoms with E-state index in [-0.39, 0.29) is 6.10 Å². The van der Waals surface area contributed by atoms with Crippen molar-refractivity contribution in [1.82, 2.24) is 10.2 Å². The van der Waals surface area contributed by atoms with Gasteiger partial charge in [0, 0.05) is 26.6 Å². The highest BCUT2D eigenvalue weighted by Gasteiger charge is 2.27. The van der Waals surface area contributed by atoms with Gasteiger partial charge in [-0.25, -0.2) is 0 Å². The molecule has 0 saturated carbocycles. The summed E-state index contributed by atoms with van der Waals surface area (Å²) in [5.41, 5.74) is 0. The number of amides is 1. The van der Waals surface area contributed by atoms with Crippen LogP contribution in [-0.2, 0) is 9.53 Å². The second-order valence-corrected chi connectivity index (χ2v) is 6.11. The van der Waals surface area contributed by atoms with Crippen LogP contribution in [0.4, 0.5) is 0 Å². The topological polar surface area (TPSA) is 41.6 Å². The summed E-state index contributed by atoms with van der Waals surface area (Å²) in [5.74, 6) is 1.55. The predicted octanol–water partition coefficient (Wildman–Crippen LogP) is 1.65. The number of hydrogen-bond donors (Lipinski definition) is 1. The van der Waals surface area contributed by atoms with Crippen molar-refractivity contribution < 1.29 is 9.53 Å². The highest BCUT2D eigenvalue weighted by Crippen LogP contribution is 2.25. The molecule has 1 amide bonds. The number of methoxy groups -OCH3 is 1. The van der Waals surface area contributed by atoms with Gasteiger partial charge >= 0.3 is 0 Å². The summed E-state index contributed by atoms with van der Waals surface area (Å²) in [4.78, 5) is 14.4. The number of ether oxygens (including phenoxy) is 1. The molecule has 2 atom stereocenters. The highest BCUT2D eigenvalue weighted by molar-refractivity contribution is 5.76. The molecule has 2 unspecified atom stereocenters. The van der Waals surface area contributed by atoms with Crippen molar-refractivity contribution in [2.24, 2.45) is 11.8 Å². The van der Waals surface area contributed by atoms with Crippen LogP contribution in [0.25, 0.3) is 0 Å². The maximum atomic E-state index is 12.4. The fourth-order valence-electron chi connectivity index (χ4n) is 3.34. The van der Waals surface area contributed by atoms with Crippen molar-refractivity contribution in [2.75, 3.05) is 33.3 Å². The number of carbonyl (C=O) groups excluding carboxylic acids is 1. The Morgan fingerprint density at radius 1 is 1.37 bits per heavy atom. The van der Waals surface area contributed by atoms with Crippen LogP contribution in [0.3, 0.4) is 0 Å². The van der Waals surface area contributed by atoms with Crippen molar-refractivity contribution in [2.45, 2.75) is 45.1 Å². The first-order chi connectivity index (χ1) is 9.20. The van der Waals surface area contributed by atoms with E-state index in [4.69, 9.17) is 4.74 Å². The molecular weight excluding hydrogens is 240 g/mol. The third-order valence-corrected chi connectivity index (χ3v) is 4.75. The molecule has 0 radical (unpaired) electrons. The van der Waals surface area contributed by atoms with Gasteiger partial charge in [-0.1, -0.05) is 6.92 Å². The zero-order chi connectivity index (χ0) is 13.7. The SMILES string of the molecule is COC1CCCN(C(=O)CC(C)C2CCNCC2)C1. The molecule has 0 bridgehead atoms. The number of piperidine rings is 2. The van der Waals surface area contributed by atoms with E-state index in [0.717, 1.165) is 39.0 Å². The summed E-state index contributed by atoms with van der Waals surface area (Å²) in [6.45, 7) is 6.16. The Morgan fingerprint density at radius 3 is 2.79 bits per heavy atom. The van der Waals surface area contributed by atoms with E-state index in [1.165, 1.54) is 12.8 Å². The summed E-state index contributed by atoms with van der Waals surface area (Å²) in [6, 6.07) is 0. The lowest BCUT2D eigenvalue weighted by Gasteiger charge is -2.34. The molecule has 4 nitrogen and oxygen atoms in total. The van der Waals surface area contributed by atoms with Gasteiger partial charge in [0.25, 0.3) is 0 Å². The first-order valence-electron chi connectivity index (χ1n) is 7.72. The van der Waals surface area contributed by atoms with E-state index in [1.54, 1.807) is 7.11 Å². The van der Waals surface area contributed by atoms with Gasteiger partial charge in [-0.2, -0.15) is 0 Å². The number of nitrogens with zero attached hydrogens (tertiary/aromatic N) is 1. The quantitative estimate of drug-likeness (QED) is 0.843. The molecule has 2 heterocycles. The highest BCUT2D eigenvalue weighted by atomic mass is 16.5. The van der Waals surface area contributed by atoms with E-state index < -0.39 is 0 Å². The molecule has 19 heavy (non-hydrogen) atoms. The van der Waals surface area contributed by atoms with E-state index in [1.807, 2.05) is 4.90 Å². The van der Waals surface area contributed by atoms with Crippen LogP contribution in [0.15, 0.2) is 0 Å². The van der Waals surface area contributed by atoms with E-state index in [0.29, 0.717) is 24.2 Å². The smallest absolute Gasteiger partial charge is 0.222 e. The van der Waals surface area contributed by atoms with E-state index in [2.05, 4.69) is 12.2 Å². The fourth-order valence-corrected chi connectivity index (χ4v) is 3.34. The second-order valence-electron chi connectivity index (χ2n) is 6.11. The van der Waals surface area contributed by atoms with Gasteiger partial charge in [0.2, 0.25) is 5.91 Å². The van der Waals surface area contributed by atoms with Crippen LogP contribution in [0, 0.1) is 11.8 Å². The second kappa shape index (κ2) is 7.25. The number of hydrogen-bond acceptors (Lipinski definition) is 3. The predicted molar refractivity (Wildman–Crippen MR) is 76.0 cm³/mol. The zero-order valence-electron chi connectivity index (χ0n) is 12.4. The van der Waals surface area contributed by atoms with Crippen molar-refractivity contribution in [3.05, 3.63) is 0 Å². The van der Waals surface area contributed by atoms with Crippen LogP contribution < -0.4 is 5.32 Å². The van der Waals surface area contributed by atoms with E-state index >= 15 is 0 Å². The largest absolute Gasteiger partial charge is 0.380 e. The van der Waals surface area contributed by atoms with Gasteiger partial charge in [0.05, 0.1) is 6.10 Å². The van der Waals surface area contributed by atoms with Crippen LogP contribution in [0.2, 0.25) is 0 Å². The lowest BCUT2D eigenvalue weighted by Crippen LogP contribution is -2.44. The summed E-state index contributed by atoms with van der Waals surface area (Å²) >= 11 is 0. The minimum absolute atomic E-state index is 0.242. The monoisotopic (exact) mass is 268 g/mol. The maximum absolute atomic E-state index is 12.4. The first-order valence-corrected chi connectivity index (χ1v) is 7.72. The Balaban J connectivity index is 1.79. The molecule has 2 rings (SSSR count). The molecule has 0 aromatic rings. The molecule has 1 N–H and O–H groups in total. The maximum Gasteiger partial charge on any atom is 0.222 e. The fraction of sp³-hybridized carbons (Fsp3) is 0.933. The lowest BCUT2D eigenvalue weighted by molar-refractivity contribution is -0.136.